The number of halogens is 3. The van der Waals surface area contributed by atoms with Crippen molar-refractivity contribution in [3.63, 3.8) is 0 Å². The fourth-order valence-corrected chi connectivity index (χ4v) is 9.76. The molecule has 65 heavy (non-hydrogen) atoms. The molecule has 3 N–H and O–H groups in total. The molecule has 2 aromatic carbocycles. The lowest BCUT2D eigenvalue weighted by Gasteiger charge is -2.48. The van der Waals surface area contributed by atoms with Crippen molar-refractivity contribution >= 4 is 69.3 Å². The monoisotopic (exact) mass is 916 g/mol. The van der Waals surface area contributed by atoms with E-state index in [9.17, 15) is 28.4 Å². The average Bonchev–Trinajstić information content (AvgIpc) is 3.62. The van der Waals surface area contributed by atoms with Gasteiger partial charge in [0, 0.05) is 87.5 Å². The number of piperidine rings is 2. The molecule has 6 heterocycles. The fourth-order valence-electron chi connectivity index (χ4n) is 9.62. The van der Waals surface area contributed by atoms with Gasteiger partial charge in [0.15, 0.2) is 29.8 Å². The van der Waals surface area contributed by atoms with Crippen LogP contribution in [-0.4, -0.2) is 125 Å². The van der Waals surface area contributed by atoms with E-state index in [-0.39, 0.29) is 72.6 Å². The predicted octanol–water partition coefficient (Wildman–Crippen LogP) is 4.27. The number of pyridine rings is 1. The van der Waals surface area contributed by atoms with Gasteiger partial charge in [-0.15, -0.1) is 0 Å². The second-order valence-electron chi connectivity index (χ2n) is 17.5. The van der Waals surface area contributed by atoms with Gasteiger partial charge in [0.25, 0.3) is 17.4 Å². The van der Waals surface area contributed by atoms with E-state index in [1.165, 1.54) is 11.9 Å². The summed E-state index contributed by atoms with van der Waals surface area (Å²) in [5.41, 5.74) is 1.46. The molecule has 1 unspecified atom stereocenters. The molecule has 3 saturated heterocycles. The van der Waals surface area contributed by atoms with Crippen LogP contribution in [0.3, 0.4) is 0 Å². The number of imide groups is 1. The molecule has 4 aromatic rings. The molecular formula is C45H51ClF2N10O7. The summed E-state index contributed by atoms with van der Waals surface area (Å²) in [5.74, 6) is -2.96. The number of anilines is 4. The van der Waals surface area contributed by atoms with Crippen molar-refractivity contribution in [1.82, 2.24) is 35.0 Å². The van der Waals surface area contributed by atoms with Crippen LogP contribution < -0.4 is 36.0 Å². The van der Waals surface area contributed by atoms with Gasteiger partial charge in [-0.25, -0.2) is 13.8 Å². The first-order valence-corrected chi connectivity index (χ1v) is 22.5. The standard InChI is InChI=1S/C45H51ClF2N10O7/c1-24(2)58-33-5-4-26(16-25(33)17-36(43(58)62)64-23-38(60)49-3)51-41-31(46)21-50-45(53-41)56-10-8-28(9-11-56)65-29-18-27(19-29)54-12-14-55(15-13-54)35-20-32(47)40(48)30-22-57(44(63)39(30)35)34-6-7-37(59)52-42(34)61/h4-5,16-17,20-21,24,27-29,34H,6-15,18-19,22-23H2,1-3H3,(H,49,60)(H,50,51,53)(H,52,59,61)/t27-,29-,34?. The number of nitrogens with one attached hydrogen (secondary N) is 3. The zero-order valence-corrected chi connectivity index (χ0v) is 37.1. The molecule has 5 aliphatic rings. The maximum Gasteiger partial charge on any atom is 0.293 e. The summed E-state index contributed by atoms with van der Waals surface area (Å²) in [6, 6.07) is 7.55. The average molecular weight is 917 g/mol. The highest BCUT2D eigenvalue weighted by Crippen LogP contribution is 2.39. The van der Waals surface area contributed by atoms with Crippen molar-refractivity contribution in [1.29, 1.82) is 0 Å². The Labute approximate surface area is 378 Å². The molecule has 344 valence electrons. The largest absolute Gasteiger partial charge is 0.478 e. The van der Waals surface area contributed by atoms with Crippen LogP contribution >= 0.6 is 11.6 Å². The molecule has 0 bridgehead atoms. The van der Waals surface area contributed by atoms with Crippen molar-refractivity contribution in [2.45, 2.75) is 89.3 Å². The van der Waals surface area contributed by atoms with Gasteiger partial charge < -0.3 is 39.4 Å². The third-order valence-corrected chi connectivity index (χ3v) is 13.5. The van der Waals surface area contributed by atoms with Crippen LogP contribution in [0.4, 0.5) is 31.9 Å². The second kappa shape index (κ2) is 18.2. The summed E-state index contributed by atoms with van der Waals surface area (Å²) in [7, 11) is 1.50. The quantitative estimate of drug-likeness (QED) is 0.172. The Hall–Kier alpha value is -5.92. The molecule has 0 radical (unpaired) electrons. The Morgan fingerprint density at radius 2 is 1.72 bits per heavy atom. The maximum absolute atomic E-state index is 15.1. The summed E-state index contributed by atoms with van der Waals surface area (Å²) in [5, 5.41) is 9.13. The number of ether oxygens (including phenoxy) is 2. The molecule has 17 nitrogen and oxygen atoms in total. The number of piperazine rings is 1. The van der Waals surface area contributed by atoms with Crippen molar-refractivity contribution in [3.8, 4) is 5.75 Å². The van der Waals surface area contributed by atoms with Crippen molar-refractivity contribution < 1.29 is 37.4 Å². The minimum absolute atomic E-state index is 0.0493. The summed E-state index contributed by atoms with van der Waals surface area (Å²) in [6.45, 7) is 7.12. The smallest absolute Gasteiger partial charge is 0.293 e. The lowest BCUT2D eigenvalue weighted by molar-refractivity contribution is -0.137. The number of benzene rings is 2. The summed E-state index contributed by atoms with van der Waals surface area (Å²) >= 11 is 6.59. The Kier molecular flexibility index (Phi) is 12.4. The topological polar surface area (TPSA) is 184 Å². The highest BCUT2D eigenvalue weighted by Gasteiger charge is 2.44. The zero-order valence-electron chi connectivity index (χ0n) is 36.4. The van der Waals surface area contributed by atoms with Crippen LogP contribution in [0, 0.1) is 11.6 Å². The number of hydrogen-bond acceptors (Lipinski definition) is 13. The zero-order chi connectivity index (χ0) is 45.7. The Morgan fingerprint density at radius 1 is 0.969 bits per heavy atom. The molecule has 1 atom stereocenters. The number of likely N-dealkylation sites (N-methyl/N-ethyl adjacent to an activating group) is 1. The van der Waals surface area contributed by atoms with Crippen molar-refractivity contribution in [2.75, 3.05) is 68.0 Å². The third kappa shape index (κ3) is 8.80. The molecule has 9 rings (SSSR count). The first-order chi connectivity index (χ1) is 31.3. The number of rotatable bonds is 12. The van der Waals surface area contributed by atoms with Crippen LogP contribution in [0.2, 0.25) is 5.02 Å². The number of hydrogen-bond donors (Lipinski definition) is 3. The van der Waals surface area contributed by atoms with Gasteiger partial charge in [-0.2, -0.15) is 4.98 Å². The number of aromatic nitrogens is 3. The van der Waals surface area contributed by atoms with Gasteiger partial charge in [0.2, 0.25) is 17.8 Å². The van der Waals surface area contributed by atoms with E-state index in [0.717, 1.165) is 37.1 Å². The molecule has 4 aliphatic heterocycles. The number of carbonyl (C=O) groups is 4. The molecule has 4 amide bonds. The van der Waals surface area contributed by atoms with E-state index in [2.05, 4.69) is 30.7 Å². The van der Waals surface area contributed by atoms with E-state index in [1.807, 2.05) is 36.9 Å². The highest BCUT2D eigenvalue weighted by molar-refractivity contribution is 6.33. The number of amides is 4. The summed E-state index contributed by atoms with van der Waals surface area (Å²) in [6.07, 6.45) is 5.41. The van der Waals surface area contributed by atoms with Gasteiger partial charge in [-0.1, -0.05) is 11.6 Å². The van der Waals surface area contributed by atoms with Crippen molar-refractivity contribution in [3.05, 3.63) is 74.7 Å². The van der Waals surface area contributed by atoms with E-state index in [4.69, 9.17) is 26.1 Å². The molecular weight excluding hydrogens is 866 g/mol. The SMILES string of the molecule is CNC(=O)COc1cc2cc(Nc3nc(N4CCC(O[C@H]5C[C@H](N6CCN(c7cc(F)c(F)c8c7C(=O)N(C7CCC(=O)NC7=O)C8)CC6)C5)CC4)ncc3Cl)ccc2n(C(C)C)c1=O. The van der Waals surface area contributed by atoms with Gasteiger partial charge in [-0.3, -0.25) is 34.2 Å². The number of fused-ring (bicyclic) bond motifs is 2. The van der Waals surface area contributed by atoms with Gasteiger partial charge in [-0.05, 0) is 70.2 Å². The van der Waals surface area contributed by atoms with E-state index < -0.39 is 35.4 Å². The molecule has 1 saturated carbocycles. The first kappa shape index (κ1) is 44.3. The van der Waals surface area contributed by atoms with Crippen LogP contribution in [0.1, 0.15) is 74.3 Å². The maximum atomic E-state index is 15.1. The van der Waals surface area contributed by atoms with Crippen LogP contribution in [0.15, 0.2) is 41.3 Å². The van der Waals surface area contributed by atoms with Gasteiger partial charge in [0.1, 0.15) is 11.1 Å². The lowest BCUT2D eigenvalue weighted by atomic mass is 9.87. The van der Waals surface area contributed by atoms with E-state index >= 15 is 4.39 Å². The lowest BCUT2D eigenvalue weighted by Crippen LogP contribution is -2.56. The number of nitrogens with zero attached hydrogens (tertiary/aromatic N) is 7. The minimum Gasteiger partial charge on any atom is -0.478 e. The predicted molar refractivity (Wildman–Crippen MR) is 238 cm³/mol. The first-order valence-electron chi connectivity index (χ1n) is 22.1. The molecule has 0 spiro atoms. The highest BCUT2D eigenvalue weighted by atomic mass is 35.5. The molecule has 20 heteroatoms. The minimum atomic E-state index is -1.08. The summed E-state index contributed by atoms with van der Waals surface area (Å²) < 4.78 is 43.8. The molecule has 4 fully saturated rings. The van der Waals surface area contributed by atoms with Crippen LogP contribution in [-0.2, 0) is 25.7 Å². The Balaban J connectivity index is 0.763. The van der Waals surface area contributed by atoms with Crippen LogP contribution in [0.5, 0.6) is 5.75 Å². The van der Waals surface area contributed by atoms with E-state index in [0.29, 0.717) is 79.0 Å². The summed E-state index contributed by atoms with van der Waals surface area (Å²) in [4.78, 5) is 80.0. The fraction of sp³-hybridized carbons (Fsp3) is 0.489. The third-order valence-electron chi connectivity index (χ3n) is 13.2. The normalized spacial score (nSPS) is 21.7. The molecule has 2 aromatic heterocycles. The molecule has 1 aliphatic carbocycles. The van der Waals surface area contributed by atoms with Crippen molar-refractivity contribution in [2.24, 2.45) is 0 Å². The van der Waals surface area contributed by atoms with Gasteiger partial charge >= 0.3 is 0 Å². The Morgan fingerprint density at radius 3 is 2.43 bits per heavy atom. The van der Waals surface area contributed by atoms with Gasteiger partial charge in [0.05, 0.1) is 41.7 Å². The van der Waals surface area contributed by atoms with E-state index in [1.54, 1.807) is 16.8 Å². The second-order valence-corrected chi connectivity index (χ2v) is 17.9. The van der Waals surface area contributed by atoms with Crippen LogP contribution in [0.25, 0.3) is 10.9 Å². The number of carbonyl (C=O) groups excluding carboxylic acids is 4. The Bertz CT molecular complexity index is 2610.